The highest BCUT2D eigenvalue weighted by Crippen LogP contribution is 2.33. The molecule has 3 aromatic rings. The predicted octanol–water partition coefficient (Wildman–Crippen LogP) is 3.16. The van der Waals surface area contributed by atoms with E-state index in [1.807, 2.05) is 47.4 Å². The van der Waals surface area contributed by atoms with Crippen LogP contribution in [0.25, 0.3) is 10.9 Å². The number of carbonyl (C=O) groups excluding carboxylic acids is 1. The number of nitrogens with zero attached hydrogens (tertiary/aromatic N) is 3. The smallest absolute Gasteiger partial charge is 0.261 e. The van der Waals surface area contributed by atoms with Gasteiger partial charge in [-0.1, -0.05) is 24.3 Å². The topological polar surface area (TPSA) is 64.4 Å². The van der Waals surface area contributed by atoms with Gasteiger partial charge in [-0.05, 0) is 42.7 Å². The fourth-order valence-corrected chi connectivity index (χ4v) is 3.86. The van der Waals surface area contributed by atoms with Crippen molar-refractivity contribution in [3.8, 4) is 5.75 Å². The van der Waals surface area contributed by atoms with Crippen molar-refractivity contribution in [3.63, 3.8) is 0 Å². The summed E-state index contributed by atoms with van der Waals surface area (Å²) in [4.78, 5) is 31.7. The summed E-state index contributed by atoms with van der Waals surface area (Å²) in [6.07, 6.45) is 3.75. The Hall–Kier alpha value is -3.15. The van der Waals surface area contributed by atoms with Gasteiger partial charge in [-0.2, -0.15) is 0 Å². The first-order chi connectivity index (χ1) is 13.7. The molecule has 0 spiro atoms. The first-order valence-electron chi connectivity index (χ1n) is 9.55. The first kappa shape index (κ1) is 18.2. The molecule has 0 N–H and O–H groups in total. The summed E-state index contributed by atoms with van der Waals surface area (Å²) in [6.45, 7) is 1.09. The zero-order valence-corrected chi connectivity index (χ0v) is 15.9. The number of benzene rings is 2. The van der Waals surface area contributed by atoms with Gasteiger partial charge in [0, 0.05) is 19.5 Å². The Morgan fingerprint density at radius 2 is 1.96 bits per heavy atom. The van der Waals surface area contributed by atoms with E-state index in [9.17, 15) is 9.59 Å². The van der Waals surface area contributed by atoms with Crippen molar-refractivity contribution in [2.45, 2.75) is 31.8 Å². The molecule has 0 unspecified atom stereocenters. The van der Waals surface area contributed by atoms with Crippen LogP contribution in [0.3, 0.4) is 0 Å². The zero-order valence-electron chi connectivity index (χ0n) is 15.9. The van der Waals surface area contributed by atoms with E-state index in [-0.39, 0.29) is 23.9 Å². The minimum atomic E-state index is -0.105. The van der Waals surface area contributed by atoms with E-state index in [1.54, 1.807) is 13.2 Å². The molecular formula is C22H23N3O3. The molecule has 1 atom stereocenters. The van der Waals surface area contributed by atoms with Gasteiger partial charge in [-0.25, -0.2) is 4.98 Å². The van der Waals surface area contributed by atoms with Crippen LogP contribution >= 0.6 is 0 Å². The lowest BCUT2D eigenvalue weighted by Gasteiger charge is -2.25. The summed E-state index contributed by atoms with van der Waals surface area (Å²) >= 11 is 0. The summed E-state index contributed by atoms with van der Waals surface area (Å²) < 4.78 is 6.74. The second-order valence-corrected chi connectivity index (χ2v) is 7.03. The van der Waals surface area contributed by atoms with E-state index in [4.69, 9.17) is 4.74 Å². The molecule has 1 aliphatic heterocycles. The Kier molecular flexibility index (Phi) is 5.10. The molecule has 0 radical (unpaired) electrons. The van der Waals surface area contributed by atoms with Crippen molar-refractivity contribution in [1.82, 2.24) is 14.5 Å². The zero-order chi connectivity index (χ0) is 19.5. The van der Waals surface area contributed by atoms with Gasteiger partial charge in [0.1, 0.15) is 5.75 Å². The summed E-state index contributed by atoms with van der Waals surface area (Å²) in [5.74, 6) is 0.876. The monoisotopic (exact) mass is 377 g/mol. The van der Waals surface area contributed by atoms with Gasteiger partial charge >= 0.3 is 0 Å². The molecule has 1 aromatic heterocycles. The summed E-state index contributed by atoms with van der Waals surface area (Å²) in [5.41, 5.74) is 1.69. The molecule has 1 aliphatic rings. The van der Waals surface area contributed by atoms with Crippen molar-refractivity contribution in [2.75, 3.05) is 13.7 Å². The third-order valence-corrected chi connectivity index (χ3v) is 5.37. The lowest BCUT2D eigenvalue weighted by atomic mass is 10.0. The Morgan fingerprint density at radius 1 is 1.18 bits per heavy atom. The van der Waals surface area contributed by atoms with Crippen LogP contribution in [0, 0.1) is 0 Å². The molecule has 2 heterocycles. The van der Waals surface area contributed by atoms with Gasteiger partial charge < -0.3 is 9.64 Å². The van der Waals surface area contributed by atoms with E-state index in [1.165, 1.54) is 10.9 Å². The first-order valence-corrected chi connectivity index (χ1v) is 9.55. The highest BCUT2D eigenvalue weighted by Gasteiger charge is 2.29. The Bertz CT molecular complexity index is 1040. The largest absolute Gasteiger partial charge is 0.497 e. The van der Waals surface area contributed by atoms with Gasteiger partial charge in [-0.15, -0.1) is 0 Å². The molecule has 0 saturated carbocycles. The predicted molar refractivity (Wildman–Crippen MR) is 107 cm³/mol. The van der Waals surface area contributed by atoms with Crippen LogP contribution in [0.5, 0.6) is 5.75 Å². The molecule has 2 aromatic carbocycles. The number of hydrogen-bond acceptors (Lipinski definition) is 4. The van der Waals surface area contributed by atoms with Crippen molar-refractivity contribution in [3.05, 3.63) is 70.8 Å². The minimum absolute atomic E-state index is 0.0679. The summed E-state index contributed by atoms with van der Waals surface area (Å²) in [5, 5.41) is 0.578. The average molecular weight is 377 g/mol. The fraction of sp³-hybridized carbons (Fsp3) is 0.318. The molecule has 28 heavy (non-hydrogen) atoms. The Morgan fingerprint density at radius 3 is 2.75 bits per heavy atom. The molecule has 1 saturated heterocycles. The van der Waals surface area contributed by atoms with E-state index < -0.39 is 0 Å². The Labute approximate surface area is 163 Å². The molecule has 6 nitrogen and oxygen atoms in total. The van der Waals surface area contributed by atoms with Crippen LogP contribution in [0.15, 0.2) is 59.7 Å². The highest BCUT2D eigenvalue weighted by atomic mass is 16.5. The highest BCUT2D eigenvalue weighted by molar-refractivity contribution is 5.78. The van der Waals surface area contributed by atoms with Crippen LogP contribution in [-0.4, -0.2) is 34.0 Å². The van der Waals surface area contributed by atoms with Gasteiger partial charge in [0.05, 0.1) is 30.4 Å². The van der Waals surface area contributed by atoms with Gasteiger partial charge in [0.25, 0.3) is 5.56 Å². The van der Waals surface area contributed by atoms with Crippen molar-refractivity contribution in [2.24, 2.45) is 0 Å². The lowest BCUT2D eigenvalue weighted by molar-refractivity contribution is -0.132. The third-order valence-electron chi connectivity index (χ3n) is 5.37. The molecule has 144 valence electrons. The molecule has 6 heteroatoms. The number of para-hydroxylation sites is 1. The van der Waals surface area contributed by atoms with Crippen molar-refractivity contribution in [1.29, 1.82) is 0 Å². The van der Waals surface area contributed by atoms with E-state index in [0.717, 1.165) is 30.7 Å². The number of fused-ring (bicyclic) bond motifs is 1. The number of methoxy groups -OCH3 is 1. The number of amides is 1. The van der Waals surface area contributed by atoms with E-state index >= 15 is 0 Å². The van der Waals surface area contributed by atoms with Crippen molar-refractivity contribution < 1.29 is 9.53 Å². The van der Waals surface area contributed by atoms with Gasteiger partial charge in [0.15, 0.2) is 0 Å². The average Bonchev–Trinajstić information content (AvgIpc) is 3.23. The van der Waals surface area contributed by atoms with E-state index in [2.05, 4.69) is 4.98 Å². The number of carbonyl (C=O) groups is 1. The molecule has 0 aliphatic carbocycles. The molecule has 0 bridgehead atoms. The Balaban J connectivity index is 1.47. The molecule has 1 fully saturated rings. The van der Waals surface area contributed by atoms with Crippen LogP contribution in [0.1, 0.15) is 30.9 Å². The standard InChI is InChI=1S/C22H23N3O3/c1-28-17-10-8-16(9-11-17)20-7-4-13-25(20)21(26)12-14-24-15-23-19-6-3-2-5-18(19)22(24)27/h2-3,5-6,8-11,15,20H,4,7,12-14H2,1H3/t20-/m0/s1. The van der Waals surface area contributed by atoms with Crippen LogP contribution < -0.4 is 10.3 Å². The lowest BCUT2D eigenvalue weighted by Crippen LogP contribution is -2.32. The number of aromatic nitrogens is 2. The normalized spacial score (nSPS) is 16.5. The minimum Gasteiger partial charge on any atom is -0.497 e. The number of rotatable bonds is 5. The summed E-state index contributed by atoms with van der Waals surface area (Å²) in [7, 11) is 1.64. The number of aryl methyl sites for hydroxylation is 1. The summed E-state index contributed by atoms with van der Waals surface area (Å²) in [6, 6.07) is 15.2. The van der Waals surface area contributed by atoms with Gasteiger partial charge in [-0.3, -0.25) is 14.2 Å². The quantitative estimate of drug-likeness (QED) is 0.685. The maximum absolute atomic E-state index is 12.9. The van der Waals surface area contributed by atoms with Crippen LogP contribution in [0.4, 0.5) is 0 Å². The van der Waals surface area contributed by atoms with Crippen LogP contribution in [-0.2, 0) is 11.3 Å². The SMILES string of the molecule is COc1ccc([C@@H]2CCCN2C(=O)CCn2cnc3ccccc3c2=O)cc1. The van der Waals surface area contributed by atoms with Gasteiger partial charge in [0.2, 0.25) is 5.91 Å². The van der Waals surface area contributed by atoms with E-state index in [0.29, 0.717) is 17.4 Å². The maximum atomic E-state index is 12.9. The molecule has 1 amide bonds. The number of likely N-dealkylation sites (tertiary alicyclic amines) is 1. The molecule has 4 rings (SSSR count). The molecular weight excluding hydrogens is 354 g/mol. The van der Waals surface area contributed by atoms with Crippen LogP contribution in [0.2, 0.25) is 0 Å². The fourth-order valence-electron chi connectivity index (χ4n) is 3.86. The third kappa shape index (κ3) is 3.50. The second kappa shape index (κ2) is 7.84. The number of ether oxygens (including phenoxy) is 1. The number of hydrogen-bond donors (Lipinski definition) is 0. The second-order valence-electron chi connectivity index (χ2n) is 7.03. The maximum Gasteiger partial charge on any atom is 0.261 e. The van der Waals surface area contributed by atoms with Crippen molar-refractivity contribution >= 4 is 16.8 Å².